The van der Waals surface area contributed by atoms with Gasteiger partial charge in [-0.15, -0.1) is 0 Å². The van der Waals surface area contributed by atoms with Crippen LogP contribution >= 0.6 is 0 Å². The third-order valence-corrected chi connectivity index (χ3v) is 1.70. The predicted octanol–water partition coefficient (Wildman–Crippen LogP) is -0.645. The lowest BCUT2D eigenvalue weighted by Crippen LogP contribution is -2.37. The van der Waals surface area contributed by atoms with E-state index in [4.69, 9.17) is 0 Å². The Morgan fingerprint density at radius 1 is 1.73 bits per heavy atom. The van der Waals surface area contributed by atoms with Crippen LogP contribution in [0.3, 0.4) is 0 Å². The number of amides is 2. The van der Waals surface area contributed by atoms with Gasteiger partial charge in [-0.05, 0) is 13.5 Å². The quantitative estimate of drug-likeness (QED) is 0.578. The number of hydrogen-bond donors (Lipinski definition) is 1. The second-order valence-electron chi connectivity index (χ2n) is 2.57. The Balaban J connectivity index is 2.46. The van der Waals surface area contributed by atoms with E-state index < -0.39 is 0 Å². The molecule has 0 atom stereocenters. The Hall–Kier alpha value is -0.900. The molecule has 0 aromatic heterocycles. The van der Waals surface area contributed by atoms with Crippen molar-refractivity contribution < 1.29 is 9.59 Å². The molecule has 4 nitrogen and oxygen atoms in total. The third kappa shape index (κ3) is 1.77. The average molecular weight is 156 g/mol. The van der Waals surface area contributed by atoms with E-state index in [9.17, 15) is 9.59 Å². The van der Waals surface area contributed by atoms with Gasteiger partial charge < -0.3 is 5.32 Å². The number of rotatable bonds is 2. The van der Waals surface area contributed by atoms with E-state index in [-0.39, 0.29) is 18.4 Å². The first-order valence-corrected chi connectivity index (χ1v) is 3.73. The maximum Gasteiger partial charge on any atom is 0.243 e. The molecule has 0 bridgehead atoms. The molecule has 0 aromatic rings. The van der Waals surface area contributed by atoms with Crippen LogP contribution in [0.25, 0.3) is 0 Å². The minimum Gasteiger partial charge on any atom is -0.311 e. The van der Waals surface area contributed by atoms with Gasteiger partial charge in [-0.2, -0.15) is 0 Å². The molecule has 1 aliphatic heterocycles. The molecule has 0 spiro atoms. The Morgan fingerprint density at radius 3 is 2.91 bits per heavy atom. The highest BCUT2D eigenvalue weighted by atomic mass is 16.2. The summed E-state index contributed by atoms with van der Waals surface area (Å²) >= 11 is 0. The number of carbonyl (C=O) groups excluding carboxylic acids is 2. The first-order valence-electron chi connectivity index (χ1n) is 3.73. The minimum absolute atomic E-state index is 0.0368. The number of nitrogens with zero attached hydrogens (tertiary/aromatic N) is 1. The predicted molar refractivity (Wildman–Crippen MR) is 39.9 cm³/mol. The van der Waals surface area contributed by atoms with Gasteiger partial charge in [0.15, 0.2) is 0 Å². The van der Waals surface area contributed by atoms with Crippen molar-refractivity contribution in [3.63, 3.8) is 0 Å². The highest BCUT2D eigenvalue weighted by Crippen LogP contribution is 2.08. The molecule has 0 aromatic carbocycles. The molecular formula is C7H12N2O2. The highest BCUT2D eigenvalue weighted by Gasteiger charge is 2.25. The largest absolute Gasteiger partial charge is 0.311 e. The molecule has 1 fully saturated rings. The molecule has 4 heteroatoms. The molecule has 1 aliphatic rings. The van der Waals surface area contributed by atoms with Crippen molar-refractivity contribution >= 4 is 11.8 Å². The molecule has 62 valence electrons. The van der Waals surface area contributed by atoms with Crippen LogP contribution in [0.15, 0.2) is 0 Å². The summed E-state index contributed by atoms with van der Waals surface area (Å²) in [7, 11) is 1.69. The molecule has 2 amide bonds. The Labute approximate surface area is 65.6 Å². The van der Waals surface area contributed by atoms with Crippen LogP contribution in [0, 0.1) is 0 Å². The summed E-state index contributed by atoms with van der Waals surface area (Å²) in [5, 5.41) is 2.72. The lowest BCUT2D eigenvalue weighted by molar-refractivity contribution is -0.141. The van der Waals surface area contributed by atoms with Gasteiger partial charge in [0.2, 0.25) is 11.8 Å². The average Bonchev–Trinajstić information content (AvgIpc) is 2.36. The number of imide groups is 1. The molecule has 1 saturated heterocycles. The van der Waals surface area contributed by atoms with Crippen molar-refractivity contribution in [2.45, 2.75) is 12.8 Å². The molecule has 0 saturated carbocycles. The van der Waals surface area contributed by atoms with Crippen molar-refractivity contribution in [2.24, 2.45) is 0 Å². The normalized spacial score (nSPS) is 17.5. The molecule has 1 N–H and O–H groups in total. The zero-order valence-corrected chi connectivity index (χ0v) is 6.59. The van der Waals surface area contributed by atoms with Crippen molar-refractivity contribution in [2.75, 3.05) is 20.1 Å². The topological polar surface area (TPSA) is 49.4 Å². The summed E-state index contributed by atoms with van der Waals surface area (Å²) in [6.07, 6.45) is 1.34. The van der Waals surface area contributed by atoms with Gasteiger partial charge >= 0.3 is 0 Å². The van der Waals surface area contributed by atoms with Crippen LogP contribution in [0.5, 0.6) is 0 Å². The number of likely N-dealkylation sites (N-methyl/N-ethyl adjacent to an activating group) is 1. The van der Waals surface area contributed by atoms with E-state index in [1.165, 1.54) is 4.90 Å². The van der Waals surface area contributed by atoms with Crippen molar-refractivity contribution in [3.05, 3.63) is 0 Å². The van der Waals surface area contributed by atoms with E-state index >= 15 is 0 Å². The number of likely N-dealkylation sites (tertiary alicyclic amines) is 1. The molecule has 0 aliphatic carbocycles. The molecule has 11 heavy (non-hydrogen) atoms. The Bertz CT molecular complexity index is 179. The summed E-state index contributed by atoms with van der Waals surface area (Å²) in [5.41, 5.74) is 0. The van der Waals surface area contributed by atoms with Crippen LogP contribution in [0.1, 0.15) is 12.8 Å². The van der Waals surface area contributed by atoms with E-state index in [1.807, 2.05) is 0 Å². The van der Waals surface area contributed by atoms with Crippen molar-refractivity contribution in [1.82, 2.24) is 10.2 Å². The molecule has 0 radical (unpaired) electrons. The second-order valence-corrected chi connectivity index (χ2v) is 2.57. The second kappa shape index (κ2) is 3.48. The number of hydrogen-bond acceptors (Lipinski definition) is 3. The Morgan fingerprint density at radius 2 is 2.45 bits per heavy atom. The van der Waals surface area contributed by atoms with Crippen molar-refractivity contribution in [3.8, 4) is 0 Å². The molecular weight excluding hydrogens is 144 g/mol. The van der Waals surface area contributed by atoms with Gasteiger partial charge in [-0.1, -0.05) is 0 Å². The van der Waals surface area contributed by atoms with Gasteiger partial charge in [0, 0.05) is 13.0 Å². The summed E-state index contributed by atoms with van der Waals surface area (Å²) in [4.78, 5) is 23.4. The fraction of sp³-hybridized carbons (Fsp3) is 0.714. The van der Waals surface area contributed by atoms with Crippen LogP contribution in [0.2, 0.25) is 0 Å². The summed E-state index contributed by atoms with van der Waals surface area (Å²) < 4.78 is 0. The van der Waals surface area contributed by atoms with Gasteiger partial charge in [0.25, 0.3) is 0 Å². The Kier molecular flexibility index (Phi) is 2.59. The van der Waals surface area contributed by atoms with Crippen LogP contribution in [-0.2, 0) is 9.59 Å². The van der Waals surface area contributed by atoms with E-state index in [1.54, 1.807) is 7.05 Å². The van der Waals surface area contributed by atoms with E-state index in [2.05, 4.69) is 5.32 Å². The minimum atomic E-state index is -0.116. The first-order chi connectivity index (χ1) is 5.25. The third-order valence-electron chi connectivity index (χ3n) is 1.70. The van der Waals surface area contributed by atoms with E-state index in [0.29, 0.717) is 13.0 Å². The summed E-state index contributed by atoms with van der Waals surface area (Å²) in [6, 6.07) is 0. The van der Waals surface area contributed by atoms with Crippen LogP contribution in [0.4, 0.5) is 0 Å². The molecule has 1 heterocycles. The molecule has 1 rings (SSSR count). The number of carbonyl (C=O) groups is 2. The maximum absolute atomic E-state index is 11.1. The first kappa shape index (κ1) is 8.20. The lowest BCUT2D eigenvalue weighted by Gasteiger charge is -2.12. The van der Waals surface area contributed by atoms with Gasteiger partial charge in [-0.3, -0.25) is 14.5 Å². The van der Waals surface area contributed by atoms with Crippen LogP contribution in [-0.4, -0.2) is 36.9 Å². The lowest BCUT2D eigenvalue weighted by atomic mass is 10.4. The monoisotopic (exact) mass is 156 g/mol. The smallest absolute Gasteiger partial charge is 0.243 e. The number of nitrogens with one attached hydrogen (secondary N) is 1. The van der Waals surface area contributed by atoms with Crippen LogP contribution < -0.4 is 5.32 Å². The maximum atomic E-state index is 11.1. The summed E-state index contributed by atoms with van der Waals surface area (Å²) in [5.74, 6) is -0.153. The van der Waals surface area contributed by atoms with Gasteiger partial charge in [0.05, 0.1) is 6.54 Å². The molecule has 0 unspecified atom stereocenters. The SMILES string of the molecule is CNCC(=O)N1CCCC1=O. The van der Waals surface area contributed by atoms with Gasteiger partial charge in [0.1, 0.15) is 0 Å². The zero-order valence-electron chi connectivity index (χ0n) is 6.59. The summed E-state index contributed by atoms with van der Waals surface area (Å²) in [6.45, 7) is 0.852. The van der Waals surface area contributed by atoms with E-state index in [0.717, 1.165) is 6.42 Å². The van der Waals surface area contributed by atoms with Crippen molar-refractivity contribution in [1.29, 1.82) is 0 Å². The fourth-order valence-electron chi connectivity index (χ4n) is 1.16. The van der Waals surface area contributed by atoms with Gasteiger partial charge in [-0.25, -0.2) is 0 Å². The standard InChI is InChI=1S/C7H12N2O2/c1-8-5-7(11)9-4-2-3-6(9)10/h8H,2-5H2,1H3. The fourth-order valence-corrected chi connectivity index (χ4v) is 1.16. The zero-order chi connectivity index (χ0) is 8.27. The highest BCUT2D eigenvalue weighted by molar-refractivity contribution is 5.97.